The second kappa shape index (κ2) is 6.66. The van der Waals surface area contributed by atoms with Crippen LogP contribution in [0.3, 0.4) is 0 Å². The van der Waals surface area contributed by atoms with Gasteiger partial charge >= 0.3 is 0 Å². The Balaban J connectivity index is 1.66. The van der Waals surface area contributed by atoms with E-state index in [1.165, 1.54) is 35.7 Å². The minimum atomic E-state index is -0.546. The van der Waals surface area contributed by atoms with Crippen LogP contribution in [-0.4, -0.2) is 10.9 Å². The molecule has 0 unspecified atom stereocenters. The fourth-order valence-corrected chi connectivity index (χ4v) is 2.93. The summed E-state index contributed by atoms with van der Waals surface area (Å²) in [5.41, 5.74) is 2.25. The molecule has 1 N–H and O–H groups in total. The second-order valence-electron chi connectivity index (χ2n) is 4.92. The number of pyridine rings is 1. The Morgan fingerprint density at radius 1 is 1.09 bits per heavy atom. The quantitative estimate of drug-likeness (QED) is 0.726. The summed E-state index contributed by atoms with van der Waals surface area (Å²) in [6.07, 6.45) is 1.56. The molecule has 0 saturated heterocycles. The van der Waals surface area contributed by atoms with Gasteiger partial charge in [0.1, 0.15) is 5.82 Å². The highest BCUT2D eigenvalue weighted by Gasteiger charge is 2.08. The summed E-state index contributed by atoms with van der Waals surface area (Å²) < 4.78 is 26.0. The molecular weight excluding hydrogens is 318 g/mol. The number of hydrogen-bond acceptors (Lipinski definition) is 3. The number of amides is 1. The zero-order chi connectivity index (χ0) is 16.2. The van der Waals surface area contributed by atoms with Crippen LogP contribution < -0.4 is 5.32 Å². The number of aromatic nitrogens is 1. The summed E-state index contributed by atoms with van der Waals surface area (Å²) in [6.45, 7) is 0. The monoisotopic (exact) mass is 330 g/mol. The van der Waals surface area contributed by atoms with E-state index in [1.54, 1.807) is 24.3 Å². The molecule has 0 radical (unpaired) electrons. The molecule has 0 aliphatic rings. The second-order valence-corrected chi connectivity index (χ2v) is 5.83. The Hall–Kier alpha value is -2.60. The van der Waals surface area contributed by atoms with Crippen LogP contribution in [-0.2, 0) is 11.2 Å². The maximum absolute atomic E-state index is 13.1. The fourth-order valence-electron chi connectivity index (χ4n) is 2.10. The van der Waals surface area contributed by atoms with E-state index in [9.17, 15) is 13.6 Å². The number of carbonyl (C=O) groups is 1. The molecule has 3 nitrogen and oxygen atoms in total. The van der Waals surface area contributed by atoms with Gasteiger partial charge in [0.05, 0.1) is 11.4 Å². The van der Waals surface area contributed by atoms with Gasteiger partial charge in [0, 0.05) is 17.6 Å². The zero-order valence-corrected chi connectivity index (χ0v) is 12.7. The van der Waals surface area contributed by atoms with Crippen molar-refractivity contribution in [1.82, 2.24) is 4.98 Å². The topological polar surface area (TPSA) is 42.0 Å². The first-order valence-corrected chi connectivity index (χ1v) is 7.73. The molecule has 0 aliphatic carbocycles. The molecule has 0 bridgehead atoms. The van der Waals surface area contributed by atoms with Crippen molar-refractivity contribution in [3.63, 3.8) is 0 Å². The largest absolute Gasteiger partial charge is 0.317 e. The van der Waals surface area contributed by atoms with Gasteiger partial charge in [-0.2, -0.15) is 4.39 Å². The highest BCUT2D eigenvalue weighted by molar-refractivity contribution is 7.14. The Labute approximate surface area is 135 Å². The van der Waals surface area contributed by atoms with E-state index in [0.717, 1.165) is 11.1 Å². The number of nitrogens with one attached hydrogen (secondary N) is 1. The summed E-state index contributed by atoms with van der Waals surface area (Å²) in [5, 5.41) is 5.29. The van der Waals surface area contributed by atoms with Crippen molar-refractivity contribution in [1.29, 1.82) is 0 Å². The molecule has 1 aromatic carbocycles. The van der Waals surface area contributed by atoms with E-state index < -0.39 is 5.95 Å². The lowest BCUT2D eigenvalue weighted by Crippen LogP contribution is -2.13. The summed E-state index contributed by atoms with van der Waals surface area (Å²) in [6, 6.07) is 10.6. The van der Waals surface area contributed by atoms with Crippen LogP contribution in [0.1, 0.15) is 5.56 Å². The highest BCUT2D eigenvalue weighted by Crippen LogP contribution is 2.29. The van der Waals surface area contributed by atoms with E-state index >= 15 is 0 Å². The molecule has 23 heavy (non-hydrogen) atoms. The fraction of sp³-hybridized carbons (Fsp3) is 0.0588. The molecule has 3 rings (SSSR count). The predicted molar refractivity (Wildman–Crippen MR) is 86.2 cm³/mol. The average molecular weight is 330 g/mol. The molecule has 2 aromatic heterocycles. The molecule has 1 amide bonds. The van der Waals surface area contributed by atoms with Crippen LogP contribution >= 0.6 is 11.3 Å². The van der Waals surface area contributed by atoms with Crippen LogP contribution in [0.25, 0.3) is 11.1 Å². The molecule has 0 saturated carbocycles. The van der Waals surface area contributed by atoms with Crippen molar-refractivity contribution in [3.8, 4) is 11.1 Å². The molecule has 3 aromatic rings. The summed E-state index contributed by atoms with van der Waals surface area (Å²) in [5.74, 6) is -1.07. The zero-order valence-electron chi connectivity index (χ0n) is 11.9. The van der Waals surface area contributed by atoms with E-state index in [2.05, 4.69) is 10.3 Å². The Kier molecular flexibility index (Phi) is 4.43. The number of anilines is 1. The highest BCUT2D eigenvalue weighted by atomic mass is 32.1. The molecule has 0 fully saturated rings. The van der Waals surface area contributed by atoms with Crippen molar-refractivity contribution in [2.24, 2.45) is 0 Å². The molecule has 0 spiro atoms. The van der Waals surface area contributed by atoms with Crippen LogP contribution in [0.2, 0.25) is 0 Å². The lowest BCUT2D eigenvalue weighted by atomic mass is 10.1. The van der Waals surface area contributed by atoms with Crippen LogP contribution in [0.4, 0.5) is 13.8 Å². The van der Waals surface area contributed by atoms with Gasteiger partial charge in [0.25, 0.3) is 0 Å². The van der Waals surface area contributed by atoms with Crippen molar-refractivity contribution in [2.75, 3.05) is 5.32 Å². The van der Waals surface area contributed by atoms with E-state index in [1.807, 2.05) is 5.38 Å². The van der Waals surface area contributed by atoms with Crippen molar-refractivity contribution < 1.29 is 13.6 Å². The van der Waals surface area contributed by atoms with Crippen molar-refractivity contribution in [3.05, 3.63) is 71.4 Å². The van der Waals surface area contributed by atoms with Gasteiger partial charge in [-0.05, 0) is 41.0 Å². The van der Waals surface area contributed by atoms with Crippen LogP contribution in [0, 0.1) is 11.8 Å². The molecule has 0 aliphatic heterocycles. The number of thiophene rings is 1. The number of rotatable bonds is 4. The van der Waals surface area contributed by atoms with E-state index in [0.29, 0.717) is 10.6 Å². The van der Waals surface area contributed by atoms with Gasteiger partial charge in [0.15, 0.2) is 0 Å². The van der Waals surface area contributed by atoms with Crippen molar-refractivity contribution in [2.45, 2.75) is 6.42 Å². The third-order valence-electron chi connectivity index (χ3n) is 3.20. The standard InChI is InChI=1S/C17H12F2N2OS/c18-14-3-1-11(2-4-14)7-16(22)21-17-9-13(10-23-17)12-5-6-20-15(19)8-12/h1-6,8-10H,7H2,(H,21,22). The molecule has 6 heteroatoms. The summed E-state index contributed by atoms with van der Waals surface area (Å²) in [4.78, 5) is 15.5. The first kappa shape index (κ1) is 15.3. The number of hydrogen-bond donors (Lipinski definition) is 1. The predicted octanol–water partition coefficient (Wildman–Crippen LogP) is 4.27. The third-order valence-corrected chi connectivity index (χ3v) is 4.05. The normalized spacial score (nSPS) is 10.5. The Morgan fingerprint density at radius 3 is 2.61 bits per heavy atom. The SMILES string of the molecule is O=C(Cc1ccc(F)cc1)Nc1cc(-c2ccnc(F)c2)cs1. The first-order valence-electron chi connectivity index (χ1n) is 6.85. The van der Waals surface area contributed by atoms with Gasteiger partial charge in [-0.3, -0.25) is 4.79 Å². The first-order chi connectivity index (χ1) is 11.1. The lowest BCUT2D eigenvalue weighted by Gasteiger charge is -2.02. The van der Waals surface area contributed by atoms with E-state index in [-0.39, 0.29) is 18.1 Å². The van der Waals surface area contributed by atoms with Crippen molar-refractivity contribution >= 4 is 22.2 Å². The Bertz CT molecular complexity index is 831. The van der Waals surface area contributed by atoms with Gasteiger partial charge in [-0.1, -0.05) is 12.1 Å². The maximum atomic E-state index is 13.1. The smallest absolute Gasteiger partial charge is 0.229 e. The summed E-state index contributed by atoms with van der Waals surface area (Å²) in [7, 11) is 0. The minimum absolute atomic E-state index is 0.164. The van der Waals surface area contributed by atoms with Gasteiger partial charge < -0.3 is 5.32 Å². The molecule has 0 atom stereocenters. The molecule has 116 valence electrons. The average Bonchev–Trinajstić information content (AvgIpc) is 2.98. The number of benzene rings is 1. The van der Waals surface area contributed by atoms with Gasteiger partial charge in [0.2, 0.25) is 11.9 Å². The maximum Gasteiger partial charge on any atom is 0.229 e. The van der Waals surface area contributed by atoms with Gasteiger partial charge in [-0.25, -0.2) is 9.37 Å². The number of nitrogens with zero attached hydrogens (tertiary/aromatic N) is 1. The number of carbonyl (C=O) groups excluding carboxylic acids is 1. The Morgan fingerprint density at radius 2 is 1.87 bits per heavy atom. The molecule has 2 heterocycles. The minimum Gasteiger partial charge on any atom is -0.317 e. The number of halogens is 2. The van der Waals surface area contributed by atoms with E-state index in [4.69, 9.17) is 0 Å². The third kappa shape index (κ3) is 3.98. The lowest BCUT2D eigenvalue weighted by molar-refractivity contribution is -0.115. The van der Waals surface area contributed by atoms with Gasteiger partial charge in [-0.15, -0.1) is 11.3 Å². The summed E-state index contributed by atoms with van der Waals surface area (Å²) >= 11 is 1.36. The molecular formula is C17H12F2N2OS. The van der Waals surface area contributed by atoms with Crippen LogP contribution in [0.15, 0.2) is 54.0 Å². The van der Waals surface area contributed by atoms with Crippen LogP contribution in [0.5, 0.6) is 0 Å².